The Kier molecular flexibility index (Phi) is 4.74. The minimum absolute atomic E-state index is 0.476. The summed E-state index contributed by atoms with van der Waals surface area (Å²) in [6.45, 7) is 3.15. The third kappa shape index (κ3) is 3.86. The van der Waals surface area contributed by atoms with Crippen LogP contribution in [0.25, 0.3) is 0 Å². The van der Waals surface area contributed by atoms with Gasteiger partial charge in [0.05, 0.1) is 0 Å². The fourth-order valence-corrected chi connectivity index (χ4v) is 3.08. The molecule has 22 heavy (non-hydrogen) atoms. The molecule has 1 saturated carbocycles. The second kappa shape index (κ2) is 6.93. The zero-order chi connectivity index (χ0) is 15.4. The molecule has 0 heterocycles. The highest BCUT2D eigenvalue weighted by Gasteiger charge is 2.33. The van der Waals surface area contributed by atoms with Gasteiger partial charge in [-0.1, -0.05) is 48.5 Å². The van der Waals surface area contributed by atoms with E-state index in [0.29, 0.717) is 6.04 Å². The minimum atomic E-state index is 0.476. The molecule has 2 aromatic rings. The van der Waals surface area contributed by atoms with Crippen LogP contribution < -0.4 is 5.32 Å². The molecule has 3 heteroatoms. The van der Waals surface area contributed by atoms with E-state index in [-0.39, 0.29) is 0 Å². The van der Waals surface area contributed by atoms with E-state index in [1.807, 2.05) is 18.2 Å². The molecular formula is C19H22N2S. The molecule has 2 nitrogen and oxygen atoms in total. The van der Waals surface area contributed by atoms with Gasteiger partial charge in [0.15, 0.2) is 5.11 Å². The number of hydrogen-bond acceptors (Lipinski definition) is 1. The van der Waals surface area contributed by atoms with Crippen molar-refractivity contribution in [2.75, 3.05) is 5.32 Å². The van der Waals surface area contributed by atoms with Gasteiger partial charge in [0.1, 0.15) is 0 Å². The largest absolute Gasteiger partial charge is 0.342 e. The first-order chi connectivity index (χ1) is 10.7. The smallest absolute Gasteiger partial charge is 0.173 e. The Morgan fingerprint density at radius 3 is 2.27 bits per heavy atom. The second-order valence-corrected chi connectivity index (χ2v) is 6.37. The van der Waals surface area contributed by atoms with E-state index in [0.717, 1.165) is 23.3 Å². The number of thiocarbonyl (C=S) groups is 1. The van der Waals surface area contributed by atoms with Crippen LogP contribution in [0.15, 0.2) is 60.7 Å². The van der Waals surface area contributed by atoms with Crippen LogP contribution in [0, 0.1) is 5.92 Å². The van der Waals surface area contributed by atoms with Crippen molar-refractivity contribution in [1.82, 2.24) is 4.90 Å². The van der Waals surface area contributed by atoms with Gasteiger partial charge in [-0.3, -0.25) is 0 Å². The molecule has 1 N–H and O–H groups in total. The van der Waals surface area contributed by atoms with Crippen molar-refractivity contribution in [2.24, 2.45) is 5.92 Å². The quantitative estimate of drug-likeness (QED) is 0.807. The lowest BCUT2D eigenvalue weighted by molar-refractivity contribution is 0.298. The highest BCUT2D eigenvalue weighted by molar-refractivity contribution is 7.80. The Bertz CT molecular complexity index is 608. The van der Waals surface area contributed by atoms with E-state index in [1.165, 1.54) is 18.4 Å². The Hall–Kier alpha value is -1.87. The van der Waals surface area contributed by atoms with Crippen LogP contribution in [0.2, 0.25) is 0 Å². The molecule has 114 valence electrons. The van der Waals surface area contributed by atoms with E-state index in [9.17, 15) is 0 Å². The molecule has 0 aliphatic heterocycles. The summed E-state index contributed by atoms with van der Waals surface area (Å²) in [5.74, 6) is 0.777. The zero-order valence-electron chi connectivity index (χ0n) is 12.9. The number of nitrogens with zero attached hydrogens (tertiary/aromatic N) is 1. The molecule has 1 fully saturated rings. The minimum Gasteiger partial charge on any atom is -0.342 e. The third-order valence-electron chi connectivity index (χ3n) is 4.28. The molecule has 0 bridgehead atoms. The second-order valence-electron chi connectivity index (χ2n) is 5.99. The van der Waals surface area contributed by atoms with E-state index < -0.39 is 0 Å². The number of rotatable bonds is 5. The topological polar surface area (TPSA) is 15.3 Å². The zero-order valence-corrected chi connectivity index (χ0v) is 13.7. The molecule has 0 radical (unpaired) electrons. The number of para-hydroxylation sites is 1. The van der Waals surface area contributed by atoms with Crippen LogP contribution in [0.3, 0.4) is 0 Å². The highest BCUT2D eigenvalue weighted by atomic mass is 32.1. The van der Waals surface area contributed by atoms with E-state index in [2.05, 4.69) is 59.6 Å². The summed E-state index contributed by atoms with van der Waals surface area (Å²) in [6, 6.07) is 21.2. The Labute approximate surface area is 138 Å². The van der Waals surface area contributed by atoms with Gasteiger partial charge in [-0.2, -0.15) is 0 Å². The van der Waals surface area contributed by atoms with E-state index in [4.69, 9.17) is 12.2 Å². The predicted molar refractivity (Wildman–Crippen MR) is 96.8 cm³/mol. The first kappa shape index (κ1) is 15.0. The summed E-state index contributed by atoms with van der Waals surface area (Å²) in [5, 5.41) is 4.20. The normalized spacial score (nSPS) is 15.1. The van der Waals surface area contributed by atoms with Crippen LogP contribution in [0.1, 0.15) is 25.3 Å². The molecule has 1 aliphatic rings. The van der Waals surface area contributed by atoms with Gasteiger partial charge in [-0.25, -0.2) is 0 Å². The number of anilines is 1. The van der Waals surface area contributed by atoms with Gasteiger partial charge in [0, 0.05) is 18.3 Å². The van der Waals surface area contributed by atoms with Gasteiger partial charge in [0.25, 0.3) is 0 Å². The molecular weight excluding hydrogens is 288 g/mol. The number of benzene rings is 2. The summed E-state index contributed by atoms with van der Waals surface area (Å²) >= 11 is 5.69. The Morgan fingerprint density at radius 1 is 1.09 bits per heavy atom. The molecule has 0 unspecified atom stereocenters. The van der Waals surface area contributed by atoms with Gasteiger partial charge in [-0.15, -0.1) is 0 Å². The fourth-order valence-electron chi connectivity index (χ4n) is 2.73. The lowest BCUT2D eigenvalue weighted by Crippen LogP contribution is -2.41. The van der Waals surface area contributed by atoms with Crippen LogP contribution in [-0.2, 0) is 6.54 Å². The van der Waals surface area contributed by atoms with Gasteiger partial charge >= 0.3 is 0 Å². The van der Waals surface area contributed by atoms with Gasteiger partial charge in [0.2, 0.25) is 0 Å². The monoisotopic (exact) mass is 310 g/mol. The van der Waals surface area contributed by atoms with Crippen LogP contribution in [0.4, 0.5) is 5.69 Å². The summed E-state index contributed by atoms with van der Waals surface area (Å²) < 4.78 is 0. The van der Waals surface area contributed by atoms with E-state index >= 15 is 0 Å². The Balaban J connectivity index is 1.74. The van der Waals surface area contributed by atoms with Crippen molar-refractivity contribution in [3.8, 4) is 0 Å². The molecule has 0 saturated heterocycles. The molecule has 2 aromatic carbocycles. The molecule has 0 aromatic heterocycles. The fraction of sp³-hybridized carbons (Fsp3) is 0.316. The first-order valence-electron chi connectivity index (χ1n) is 7.90. The SMILES string of the molecule is C[C@@H](C1CC1)N(Cc1ccccc1)C(=S)Nc1ccccc1. The lowest BCUT2D eigenvalue weighted by atomic mass is 10.1. The summed E-state index contributed by atoms with van der Waals surface area (Å²) in [5.41, 5.74) is 2.35. The van der Waals surface area contributed by atoms with Crippen molar-refractivity contribution in [3.63, 3.8) is 0 Å². The molecule has 0 amide bonds. The first-order valence-corrected chi connectivity index (χ1v) is 8.31. The summed E-state index contributed by atoms with van der Waals surface area (Å²) in [7, 11) is 0. The van der Waals surface area contributed by atoms with Crippen LogP contribution in [0.5, 0.6) is 0 Å². The maximum absolute atomic E-state index is 5.69. The highest BCUT2D eigenvalue weighted by Crippen LogP contribution is 2.36. The van der Waals surface area contributed by atoms with Crippen molar-refractivity contribution in [3.05, 3.63) is 66.2 Å². The van der Waals surface area contributed by atoms with Crippen molar-refractivity contribution in [1.29, 1.82) is 0 Å². The average Bonchev–Trinajstić information content (AvgIpc) is 3.39. The van der Waals surface area contributed by atoms with Gasteiger partial charge in [-0.05, 0) is 55.6 Å². The standard InChI is InChI=1S/C19H22N2S/c1-15(17-12-13-17)21(14-16-8-4-2-5-9-16)19(22)20-18-10-6-3-7-11-18/h2-11,15,17H,12-14H2,1H3,(H,20,22)/t15-/m0/s1. The molecule has 0 spiro atoms. The molecule has 1 atom stereocenters. The summed E-state index contributed by atoms with van der Waals surface area (Å²) in [6.07, 6.45) is 2.64. The van der Waals surface area contributed by atoms with E-state index in [1.54, 1.807) is 0 Å². The maximum atomic E-state index is 5.69. The lowest BCUT2D eigenvalue weighted by Gasteiger charge is -2.32. The van der Waals surface area contributed by atoms with Crippen LogP contribution >= 0.6 is 12.2 Å². The number of hydrogen-bond donors (Lipinski definition) is 1. The predicted octanol–water partition coefficient (Wildman–Crippen LogP) is 4.68. The van der Waals surface area contributed by atoms with Crippen molar-refractivity contribution >= 4 is 23.0 Å². The van der Waals surface area contributed by atoms with Gasteiger partial charge < -0.3 is 10.2 Å². The van der Waals surface area contributed by atoms with Crippen molar-refractivity contribution in [2.45, 2.75) is 32.4 Å². The molecule has 1 aliphatic carbocycles. The maximum Gasteiger partial charge on any atom is 0.173 e. The average molecular weight is 310 g/mol. The third-order valence-corrected chi connectivity index (χ3v) is 4.61. The van der Waals surface area contributed by atoms with Crippen molar-refractivity contribution < 1.29 is 0 Å². The number of nitrogens with one attached hydrogen (secondary N) is 1. The summed E-state index contributed by atoms with van der Waals surface area (Å²) in [4.78, 5) is 2.33. The molecule has 3 rings (SSSR count). The van der Waals surface area contributed by atoms with Crippen LogP contribution in [-0.4, -0.2) is 16.1 Å². The Morgan fingerprint density at radius 2 is 1.68 bits per heavy atom.